The summed E-state index contributed by atoms with van der Waals surface area (Å²) < 4.78 is 2.19. The lowest BCUT2D eigenvalue weighted by molar-refractivity contribution is -0.119. The van der Waals surface area contributed by atoms with Crippen LogP contribution in [0.1, 0.15) is 60.7 Å². The minimum Gasteiger partial charge on any atom is -0.349 e. The molecule has 5 rings (SSSR count). The number of nitrogens with zero attached hydrogens (tertiary/aromatic N) is 4. The molecule has 0 unspecified atom stereocenters. The second-order valence-electron chi connectivity index (χ2n) is 9.31. The first-order valence-electron chi connectivity index (χ1n) is 12.4. The average molecular weight is 476 g/mol. The van der Waals surface area contributed by atoms with Crippen LogP contribution in [0.25, 0.3) is 0 Å². The number of benzene rings is 2. The molecule has 6 nitrogen and oxygen atoms in total. The van der Waals surface area contributed by atoms with Gasteiger partial charge in [0, 0.05) is 0 Å². The van der Waals surface area contributed by atoms with E-state index in [-0.39, 0.29) is 11.9 Å². The Hall–Kier alpha value is -2.64. The zero-order valence-electron chi connectivity index (χ0n) is 19.7. The fourth-order valence-electron chi connectivity index (χ4n) is 5.05. The molecular formula is C27H33N5OS. The van der Waals surface area contributed by atoms with Crippen LogP contribution in [0, 0.1) is 0 Å². The Morgan fingerprint density at radius 1 is 0.941 bits per heavy atom. The molecule has 0 spiro atoms. The molecule has 1 N–H and O–H groups in total. The van der Waals surface area contributed by atoms with Crippen molar-refractivity contribution < 1.29 is 4.79 Å². The molecule has 3 aromatic rings. The van der Waals surface area contributed by atoms with Crippen LogP contribution < -0.4 is 5.32 Å². The van der Waals surface area contributed by atoms with Crippen LogP contribution >= 0.6 is 11.8 Å². The summed E-state index contributed by atoms with van der Waals surface area (Å²) in [6.07, 6.45) is 7.02. The van der Waals surface area contributed by atoms with E-state index in [0.717, 1.165) is 56.4 Å². The Balaban J connectivity index is 1.26. The molecule has 178 valence electrons. The number of thioether (sulfide) groups is 1. The highest BCUT2D eigenvalue weighted by Crippen LogP contribution is 2.29. The third-order valence-corrected chi connectivity index (χ3v) is 7.79. The van der Waals surface area contributed by atoms with Gasteiger partial charge in [0.15, 0.2) is 5.16 Å². The summed E-state index contributed by atoms with van der Waals surface area (Å²) in [6, 6.07) is 19.0. The third kappa shape index (κ3) is 5.70. The minimum absolute atomic E-state index is 0.0542. The smallest absolute Gasteiger partial charge is 0.230 e. The standard InChI is InChI=1S/C27H33N5OS/c33-26(28-24-15-9-13-22-12-5-6-14-23(22)24)20-34-27-30-29-25(19-31-16-7-2-8-17-31)32(27)18-21-10-3-1-4-11-21/h1,3-6,10-12,14,24H,2,7-9,13,15-20H2,(H,28,33)/t24-/m0/s1. The number of fused-ring (bicyclic) bond motifs is 1. The maximum Gasteiger partial charge on any atom is 0.230 e. The molecule has 1 atom stereocenters. The maximum atomic E-state index is 12.9. The van der Waals surface area contributed by atoms with E-state index in [2.05, 4.69) is 73.5 Å². The van der Waals surface area contributed by atoms with E-state index >= 15 is 0 Å². The molecule has 1 saturated heterocycles. The molecule has 7 heteroatoms. The van der Waals surface area contributed by atoms with E-state index in [9.17, 15) is 4.79 Å². The monoisotopic (exact) mass is 475 g/mol. The summed E-state index contributed by atoms with van der Waals surface area (Å²) >= 11 is 1.49. The number of carbonyl (C=O) groups excluding carboxylic acids is 1. The molecule has 2 heterocycles. The molecule has 1 fully saturated rings. The van der Waals surface area contributed by atoms with Crippen LogP contribution in [-0.2, 0) is 24.3 Å². The summed E-state index contributed by atoms with van der Waals surface area (Å²) in [5.41, 5.74) is 3.84. The number of amides is 1. The van der Waals surface area contributed by atoms with Crippen LogP contribution in [-0.4, -0.2) is 44.4 Å². The average Bonchev–Trinajstić information content (AvgIpc) is 3.25. The zero-order valence-corrected chi connectivity index (χ0v) is 20.5. The van der Waals surface area contributed by atoms with Crippen LogP contribution in [0.5, 0.6) is 0 Å². The Labute approximate surface area is 206 Å². The van der Waals surface area contributed by atoms with Crippen molar-refractivity contribution in [2.24, 2.45) is 0 Å². The number of aromatic nitrogens is 3. The Morgan fingerprint density at radius 3 is 2.59 bits per heavy atom. The highest BCUT2D eigenvalue weighted by atomic mass is 32.2. The number of hydrogen-bond donors (Lipinski definition) is 1. The van der Waals surface area contributed by atoms with Gasteiger partial charge in [-0.3, -0.25) is 9.69 Å². The number of piperidine rings is 1. The molecule has 0 radical (unpaired) electrons. The van der Waals surface area contributed by atoms with Crippen LogP contribution in [0.2, 0.25) is 0 Å². The Morgan fingerprint density at radius 2 is 1.74 bits per heavy atom. The van der Waals surface area contributed by atoms with Gasteiger partial charge in [0.1, 0.15) is 5.82 Å². The SMILES string of the molecule is O=C(CSc1nnc(CN2CCCCC2)n1Cc1ccccc1)N[C@H]1CCCc2ccccc21. The summed E-state index contributed by atoms with van der Waals surface area (Å²) in [4.78, 5) is 15.4. The van der Waals surface area contributed by atoms with Crippen LogP contribution in [0.15, 0.2) is 59.8 Å². The van der Waals surface area contributed by atoms with Gasteiger partial charge in [-0.2, -0.15) is 0 Å². The second kappa shape index (κ2) is 11.2. The Bertz CT molecular complexity index is 1090. The van der Waals surface area contributed by atoms with Gasteiger partial charge in [-0.05, 0) is 61.9 Å². The molecule has 2 aromatic carbocycles. The summed E-state index contributed by atoms with van der Waals surface area (Å²) in [6.45, 7) is 3.76. The molecule has 0 saturated carbocycles. The summed E-state index contributed by atoms with van der Waals surface area (Å²) in [5.74, 6) is 1.38. The molecule has 1 aliphatic heterocycles. The maximum absolute atomic E-state index is 12.9. The van der Waals surface area contributed by atoms with Gasteiger partial charge in [-0.1, -0.05) is 72.8 Å². The van der Waals surface area contributed by atoms with E-state index in [4.69, 9.17) is 0 Å². The fraction of sp³-hybridized carbons (Fsp3) is 0.444. The van der Waals surface area contributed by atoms with Crippen molar-refractivity contribution >= 4 is 17.7 Å². The van der Waals surface area contributed by atoms with Crippen molar-refractivity contribution in [2.45, 2.75) is 62.8 Å². The largest absolute Gasteiger partial charge is 0.349 e. The number of hydrogen-bond acceptors (Lipinski definition) is 5. The van der Waals surface area contributed by atoms with Crippen molar-refractivity contribution in [2.75, 3.05) is 18.8 Å². The first-order valence-corrected chi connectivity index (χ1v) is 13.4. The van der Waals surface area contributed by atoms with Crippen molar-refractivity contribution in [3.63, 3.8) is 0 Å². The van der Waals surface area contributed by atoms with Crippen molar-refractivity contribution in [1.29, 1.82) is 0 Å². The predicted octanol–water partition coefficient (Wildman–Crippen LogP) is 4.60. The van der Waals surface area contributed by atoms with Gasteiger partial charge >= 0.3 is 0 Å². The van der Waals surface area contributed by atoms with E-state index in [1.807, 2.05) is 6.07 Å². The molecule has 0 bridgehead atoms. The summed E-state index contributed by atoms with van der Waals surface area (Å²) in [7, 11) is 0. The first-order chi connectivity index (χ1) is 16.8. The van der Waals surface area contributed by atoms with E-state index in [1.54, 1.807) is 0 Å². The number of likely N-dealkylation sites (tertiary alicyclic amines) is 1. The first kappa shape index (κ1) is 23.1. The molecular weight excluding hydrogens is 442 g/mol. The quantitative estimate of drug-likeness (QED) is 0.483. The lowest BCUT2D eigenvalue weighted by Gasteiger charge is -2.26. The molecule has 1 aromatic heterocycles. The predicted molar refractivity (Wildman–Crippen MR) is 136 cm³/mol. The number of nitrogens with one attached hydrogen (secondary N) is 1. The van der Waals surface area contributed by atoms with Crippen molar-refractivity contribution in [3.8, 4) is 0 Å². The second-order valence-corrected chi connectivity index (χ2v) is 10.2. The zero-order chi connectivity index (χ0) is 23.2. The number of rotatable bonds is 8. The lowest BCUT2D eigenvalue weighted by atomic mass is 9.88. The van der Waals surface area contributed by atoms with Gasteiger partial charge in [-0.15, -0.1) is 10.2 Å². The van der Waals surface area contributed by atoms with E-state index in [0.29, 0.717) is 5.75 Å². The third-order valence-electron chi connectivity index (χ3n) is 6.83. The van der Waals surface area contributed by atoms with Gasteiger partial charge in [0.25, 0.3) is 0 Å². The molecule has 1 aliphatic carbocycles. The summed E-state index contributed by atoms with van der Waals surface area (Å²) in [5, 5.41) is 13.1. The number of carbonyl (C=O) groups is 1. The van der Waals surface area contributed by atoms with Crippen LogP contribution in [0.4, 0.5) is 0 Å². The van der Waals surface area contributed by atoms with Crippen molar-refractivity contribution in [3.05, 3.63) is 77.1 Å². The van der Waals surface area contributed by atoms with E-state index < -0.39 is 0 Å². The molecule has 34 heavy (non-hydrogen) atoms. The molecule has 1 amide bonds. The topological polar surface area (TPSA) is 63.1 Å². The van der Waals surface area contributed by atoms with Gasteiger partial charge in [0.05, 0.1) is 24.9 Å². The lowest BCUT2D eigenvalue weighted by Crippen LogP contribution is -2.32. The number of aryl methyl sites for hydroxylation is 1. The van der Waals surface area contributed by atoms with Gasteiger partial charge < -0.3 is 9.88 Å². The van der Waals surface area contributed by atoms with Gasteiger partial charge in [-0.25, -0.2) is 0 Å². The minimum atomic E-state index is 0.0542. The fourth-order valence-corrected chi connectivity index (χ4v) is 5.82. The van der Waals surface area contributed by atoms with Gasteiger partial charge in [0.2, 0.25) is 5.91 Å². The normalized spacial score (nSPS) is 18.4. The highest BCUT2D eigenvalue weighted by Gasteiger charge is 2.23. The van der Waals surface area contributed by atoms with Crippen LogP contribution in [0.3, 0.4) is 0 Å². The van der Waals surface area contributed by atoms with E-state index in [1.165, 1.54) is 47.7 Å². The van der Waals surface area contributed by atoms with Crippen molar-refractivity contribution in [1.82, 2.24) is 25.0 Å². The Kier molecular flexibility index (Phi) is 7.61. The molecule has 2 aliphatic rings. The highest BCUT2D eigenvalue weighted by molar-refractivity contribution is 7.99.